The van der Waals surface area contributed by atoms with Gasteiger partial charge in [-0.15, -0.1) is 0 Å². The first-order chi connectivity index (χ1) is 11.9. The van der Waals surface area contributed by atoms with E-state index in [1.807, 2.05) is 0 Å². The van der Waals surface area contributed by atoms with Crippen molar-refractivity contribution in [2.24, 2.45) is 5.92 Å². The van der Waals surface area contributed by atoms with Gasteiger partial charge in [-0.25, -0.2) is 0 Å². The van der Waals surface area contributed by atoms with Gasteiger partial charge in [-0.1, -0.05) is 12.5 Å². The van der Waals surface area contributed by atoms with E-state index in [-0.39, 0.29) is 0 Å². The summed E-state index contributed by atoms with van der Waals surface area (Å²) in [6, 6.07) is 6.78. The van der Waals surface area contributed by atoms with Crippen molar-refractivity contribution in [2.75, 3.05) is 39.3 Å². The molecule has 4 rings (SSSR count). The summed E-state index contributed by atoms with van der Waals surface area (Å²) >= 11 is 0. The third-order valence-corrected chi connectivity index (χ3v) is 5.82. The minimum atomic E-state index is 0.850. The van der Waals surface area contributed by atoms with Crippen LogP contribution in [0.1, 0.15) is 49.7 Å². The molecule has 0 aromatic heterocycles. The fourth-order valence-electron chi connectivity index (χ4n) is 4.16. The largest absolute Gasteiger partial charge is 0.494 e. The van der Waals surface area contributed by atoms with Crippen molar-refractivity contribution < 1.29 is 4.74 Å². The van der Waals surface area contributed by atoms with Crippen molar-refractivity contribution in [3.63, 3.8) is 0 Å². The van der Waals surface area contributed by atoms with Crippen LogP contribution in [0.3, 0.4) is 0 Å². The van der Waals surface area contributed by atoms with E-state index in [2.05, 4.69) is 28.0 Å². The van der Waals surface area contributed by atoms with Crippen LogP contribution in [0, 0.1) is 5.92 Å². The van der Waals surface area contributed by atoms with E-state index in [9.17, 15) is 0 Å². The van der Waals surface area contributed by atoms with Crippen LogP contribution < -0.4 is 4.74 Å². The first kappa shape index (κ1) is 16.4. The van der Waals surface area contributed by atoms with Crippen LogP contribution in [0.5, 0.6) is 5.75 Å². The van der Waals surface area contributed by atoms with Gasteiger partial charge < -0.3 is 9.64 Å². The number of ether oxygens (including phenoxy) is 1. The Morgan fingerprint density at radius 1 is 0.958 bits per heavy atom. The maximum absolute atomic E-state index is 6.02. The van der Waals surface area contributed by atoms with Gasteiger partial charge >= 0.3 is 0 Å². The number of benzene rings is 1. The lowest BCUT2D eigenvalue weighted by molar-refractivity contribution is 0.204. The molecule has 0 amide bonds. The Bertz CT molecular complexity index is 535. The second-order valence-corrected chi connectivity index (χ2v) is 7.96. The van der Waals surface area contributed by atoms with Gasteiger partial charge in [-0.05, 0) is 80.8 Å². The average Bonchev–Trinajstić information content (AvgIpc) is 3.44. The normalized spacial score (nSPS) is 22.3. The standard InChI is InChI=1S/C21H32N2O/c1-2-10-22(11-3-1)12-4-14-24-21-8-7-20-17-23(16-18-5-6-18)13-9-19(20)15-21/h7-8,15,18H,1-6,9-14,16-17H2. The molecule has 0 atom stereocenters. The molecule has 2 aliphatic heterocycles. The zero-order valence-electron chi connectivity index (χ0n) is 15.0. The number of hydrogen-bond donors (Lipinski definition) is 0. The Labute approximate surface area is 147 Å². The van der Waals surface area contributed by atoms with Gasteiger partial charge in [0.15, 0.2) is 0 Å². The molecule has 3 aliphatic rings. The molecule has 1 aliphatic carbocycles. The molecule has 2 fully saturated rings. The van der Waals surface area contributed by atoms with Crippen LogP contribution in [0.4, 0.5) is 0 Å². The highest BCUT2D eigenvalue weighted by atomic mass is 16.5. The van der Waals surface area contributed by atoms with Crippen molar-refractivity contribution in [3.05, 3.63) is 29.3 Å². The molecular weight excluding hydrogens is 296 g/mol. The minimum Gasteiger partial charge on any atom is -0.494 e. The first-order valence-electron chi connectivity index (χ1n) is 10.1. The van der Waals surface area contributed by atoms with E-state index in [0.717, 1.165) is 31.2 Å². The zero-order valence-corrected chi connectivity index (χ0v) is 15.0. The van der Waals surface area contributed by atoms with Gasteiger partial charge in [-0.3, -0.25) is 4.90 Å². The lowest BCUT2D eigenvalue weighted by Crippen LogP contribution is -2.32. The van der Waals surface area contributed by atoms with Gasteiger partial charge in [0.2, 0.25) is 0 Å². The van der Waals surface area contributed by atoms with Gasteiger partial charge in [0.05, 0.1) is 6.61 Å². The number of hydrogen-bond acceptors (Lipinski definition) is 3. The Morgan fingerprint density at radius 3 is 2.67 bits per heavy atom. The molecule has 1 aromatic rings. The molecule has 1 saturated heterocycles. The summed E-state index contributed by atoms with van der Waals surface area (Å²) in [5.41, 5.74) is 3.03. The van der Waals surface area contributed by atoms with Crippen LogP contribution in [0.15, 0.2) is 18.2 Å². The number of rotatable bonds is 7. The van der Waals surface area contributed by atoms with Crippen molar-refractivity contribution in [1.82, 2.24) is 9.80 Å². The average molecular weight is 329 g/mol. The third-order valence-electron chi connectivity index (χ3n) is 5.82. The van der Waals surface area contributed by atoms with Gasteiger partial charge in [0.25, 0.3) is 0 Å². The predicted octanol–water partition coefficient (Wildman–Crippen LogP) is 3.71. The SMILES string of the molecule is c1cc2c(cc1OCCCN1CCCCC1)CCN(CC1CC1)C2. The monoisotopic (exact) mass is 328 g/mol. The van der Waals surface area contributed by atoms with E-state index in [4.69, 9.17) is 4.74 Å². The highest BCUT2D eigenvalue weighted by Crippen LogP contribution is 2.32. The van der Waals surface area contributed by atoms with E-state index < -0.39 is 0 Å². The molecule has 24 heavy (non-hydrogen) atoms. The summed E-state index contributed by atoms with van der Waals surface area (Å²) in [7, 11) is 0. The summed E-state index contributed by atoms with van der Waals surface area (Å²) in [6.07, 6.45) is 9.41. The molecule has 0 spiro atoms. The molecule has 0 N–H and O–H groups in total. The zero-order chi connectivity index (χ0) is 16.2. The molecule has 1 aromatic carbocycles. The first-order valence-corrected chi connectivity index (χ1v) is 10.1. The predicted molar refractivity (Wildman–Crippen MR) is 98.6 cm³/mol. The number of nitrogens with zero attached hydrogens (tertiary/aromatic N) is 2. The van der Waals surface area contributed by atoms with Crippen molar-refractivity contribution in [3.8, 4) is 5.75 Å². The number of fused-ring (bicyclic) bond motifs is 1. The summed E-state index contributed by atoms with van der Waals surface area (Å²) in [5.74, 6) is 2.07. The van der Waals surface area contributed by atoms with Crippen LogP contribution in [0.2, 0.25) is 0 Å². The molecule has 0 radical (unpaired) electrons. The van der Waals surface area contributed by atoms with E-state index in [1.54, 1.807) is 0 Å². The van der Waals surface area contributed by atoms with Crippen molar-refractivity contribution in [1.29, 1.82) is 0 Å². The van der Waals surface area contributed by atoms with Gasteiger partial charge in [0, 0.05) is 26.2 Å². The Kier molecular flexibility index (Phi) is 5.39. The van der Waals surface area contributed by atoms with Crippen LogP contribution in [-0.4, -0.2) is 49.1 Å². The minimum absolute atomic E-state index is 0.850. The van der Waals surface area contributed by atoms with Crippen LogP contribution in [0.25, 0.3) is 0 Å². The number of piperidine rings is 1. The van der Waals surface area contributed by atoms with Crippen molar-refractivity contribution in [2.45, 2.75) is 51.5 Å². The third kappa shape index (κ3) is 4.52. The molecule has 132 valence electrons. The van der Waals surface area contributed by atoms with Crippen LogP contribution >= 0.6 is 0 Å². The van der Waals surface area contributed by atoms with Gasteiger partial charge in [-0.2, -0.15) is 0 Å². The smallest absolute Gasteiger partial charge is 0.119 e. The fraction of sp³-hybridized carbons (Fsp3) is 0.714. The van der Waals surface area contributed by atoms with Gasteiger partial charge in [0.1, 0.15) is 5.75 Å². The second-order valence-electron chi connectivity index (χ2n) is 7.96. The van der Waals surface area contributed by atoms with E-state index in [1.165, 1.54) is 82.4 Å². The van der Waals surface area contributed by atoms with Crippen LogP contribution in [-0.2, 0) is 13.0 Å². The van der Waals surface area contributed by atoms with E-state index in [0.29, 0.717) is 0 Å². The Morgan fingerprint density at radius 2 is 1.83 bits per heavy atom. The quantitative estimate of drug-likeness (QED) is 0.710. The molecule has 3 nitrogen and oxygen atoms in total. The molecule has 0 unspecified atom stereocenters. The number of likely N-dealkylation sites (tertiary alicyclic amines) is 1. The summed E-state index contributed by atoms with van der Waals surface area (Å²) in [4.78, 5) is 5.23. The highest BCUT2D eigenvalue weighted by molar-refractivity contribution is 5.37. The molecule has 0 bridgehead atoms. The maximum Gasteiger partial charge on any atom is 0.119 e. The fourth-order valence-corrected chi connectivity index (χ4v) is 4.16. The topological polar surface area (TPSA) is 15.7 Å². The molecule has 2 heterocycles. The molecule has 3 heteroatoms. The second kappa shape index (κ2) is 7.88. The van der Waals surface area contributed by atoms with Crippen molar-refractivity contribution >= 4 is 0 Å². The summed E-state index contributed by atoms with van der Waals surface area (Å²) < 4.78 is 6.02. The van der Waals surface area contributed by atoms with E-state index >= 15 is 0 Å². The lowest BCUT2D eigenvalue weighted by atomic mass is 9.99. The Hall–Kier alpha value is -1.06. The molecule has 1 saturated carbocycles. The molecular formula is C21H32N2O. The lowest BCUT2D eigenvalue weighted by Gasteiger charge is -2.29. The summed E-state index contributed by atoms with van der Waals surface area (Å²) in [5, 5.41) is 0. The maximum atomic E-state index is 6.02. The highest BCUT2D eigenvalue weighted by Gasteiger charge is 2.26. The Balaban J connectivity index is 1.22. The summed E-state index contributed by atoms with van der Waals surface area (Å²) in [6.45, 7) is 8.30.